The summed E-state index contributed by atoms with van der Waals surface area (Å²) in [5.74, 6) is 0.818. The van der Waals surface area contributed by atoms with Gasteiger partial charge in [-0.2, -0.15) is 0 Å². The van der Waals surface area contributed by atoms with Crippen molar-refractivity contribution in [1.82, 2.24) is 21.2 Å². The summed E-state index contributed by atoms with van der Waals surface area (Å²) < 4.78 is 20.9. The fourth-order valence-electron chi connectivity index (χ4n) is 4.53. The Bertz CT molecular complexity index is 1610. The van der Waals surface area contributed by atoms with Gasteiger partial charge in [-0.1, -0.05) is 87.5 Å². The average molecular weight is 689 g/mol. The fraction of sp³-hybridized carbons (Fsp3) is 0.395. The third-order valence-electron chi connectivity index (χ3n) is 7.29. The van der Waals surface area contributed by atoms with Gasteiger partial charge < -0.3 is 24.3 Å². The van der Waals surface area contributed by atoms with Crippen molar-refractivity contribution < 1.29 is 28.5 Å². The van der Waals surface area contributed by atoms with Gasteiger partial charge in [-0.15, -0.1) is 11.3 Å². The molecule has 1 aromatic heterocycles. The monoisotopic (exact) mass is 688 g/mol. The van der Waals surface area contributed by atoms with E-state index in [9.17, 15) is 9.59 Å². The van der Waals surface area contributed by atoms with E-state index in [-0.39, 0.29) is 24.2 Å². The van der Waals surface area contributed by atoms with Crippen molar-refractivity contribution in [1.29, 1.82) is 0 Å². The second-order valence-corrected chi connectivity index (χ2v) is 14.6. The SMILES string of the molecule is CC(C)(C)c1csc(-c2ccc(CNNC(=O)OCc3ccccc3)cc2)n1.COc1ccc(C[C@H](NC(=O)OC(C)(C)C)[C@@H]2CO2)cc1. The van der Waals surface area contributed by atoms with Crippen molar-refractivity contribution in [2.45, 2.75) is 84.3 Å². The lowest BCUT2D eigenvalue weighted by atomic mass is 9.93. The van der Waals surface area contributed by atoms with Crippen molar-refractivity contribution in [3.8, 4) is 16.3 Å². The Hall–Kier alpha value is -4.45. The van der Waals surface area contributed by atoms with E-state index in [1.165, 1.54) is 0 Å². The number of hydrogen-bond acceptors (Lipinski definition) is 9. The Morgan fingerprint density at radius 3 is 2.12 bits per heavy atom. The molecule has 1 saturated heterocycles. The van der Waals surface area contributed by atoms with Crippen LogP contribution in [-0.2, 0) is 39.2 Å². The van der Waals surface area contributed by atoms with E-state index in [0.717, 1.165) is 38.7 Å². The molecule has 10 nitrogen and oxygen atoms in total. The highest BCUT2D eigenvalue weighted by molar-refractivity contribution is 7.13. The maximum Gasteiger partial charge on any atom is 0.421 e. The largest absolute Gasteiger partial charge is 0.497 e. The van der Waals surface area contributed by atoms with Gasteiger partial charge in [0.05, 0.1) is 25.5 Å². The van der Waals surface area contributed by atoms with E-state index in [1.54, 1.807) is 18.4 Å². The highest BCUT2D eigenvalue weighted by Gasteiger charge is 2.35. The van der Waals surface area contributed by atoms with Gasteiger partial charge in [-0.05, 0) is 56.0 Å². The van der Waals surface area contributed by atoms with Gasteiger partial charge in [0.25, 0.3) is 0 Å². The number of amides is 2. The Morgan fingerprint density at radius 1 is 0.898 bits per heavy atom. The van der Waals surface area contributed by atoms with Gasteiger partial charge in [0, 0.05) is 22.9 Å². The molecule has 0 aliphatic carbocycles. The lowest BCUT2D eigenvalue weighted by molar-refractivity contribution is 0.0495. The lowest BCUT2D eigenvalue weighted by Gasteiger charge is -2.23. The number of carbonyl (C=O) groups excluding carboxylic acids is 2. The number of thiazole rings is 1. The summed E-state index contributed by atoms with van der Waals surface area (Å²) in [6.07, 6.45) is -0.137. The number of alkyl carbamates (subject to hydrolysis) is 1. The molecule has 4 aromatic rings. The van der Waals surface area contributed by atoms with Crippen molar-refractivity contribution in [3.63, 3.8) is 0 Å². The Labute approximate surface area is 293 Å². The van der Waals surface area contributed by atoms with Crippen molar-refractivity contribution in [2.75, 3.05) is 13.7 Å². The van der Waals surface area contributed by atoms with Crippen LogP contribution in [0.25, 0.3) is 10.6 Å². The van der Waals surface area contributed by atoms with Gasteiger partial charge >= 0.3 is 12.2 Å². The first-order valence-electron chi connectivity index (χ1n) is 16.3. The molecule has 0 saturated carbocycles. The summed E-state index contributed by atoms with van der Waals surface area (Å²) in [6.45, 7) is 13.5. The van der Waals surface area contributed by atoms with Crippen molar-refractivity contribution in [2.24, 2.45) is 0 Å². The molecule has 0 spiro atoms. The van der Waals surface area contributed by atoms with Crippen LogP contribution < -0.4 is 20.9 Å². The Morgan fingerprint density at radius 2 is 1.55 bits per heavy atom. The van der Waals surface area contributed by atoms with E-state index < -0.39 is 17.8 Å². The third-order valence-corrected chi connectivity index (χ3v) is 8.19. The smallest absolute Gasteiger partial charge is 0.421 e. The van der Waals surface area contributed by atoms with Gasteiger partial charge in [0.2, 0.25) is 0 Å². The quantitative estimate of drug-likeness (QED) is 0.109. The highest BCUT2D eigenvalue weighted by Crippen LogP contribution is 2.30. The van der Waals surface area contributed by atoms with E-state index in [4.69, 9.17) is 23.9 Å². The normalized spacial score (nSPS) is 14.5. The molecular formula is C38H48N4O6S. The van der Waals surface area contributed by atoms with Crippen LogP contribution in [0.15, 0.2) is 84.2 Å². The fourth-order valence-corrected chi connectivity index (χ4v) is 5.58. The molecule has 1 fully saturated rings. The molecule has 2 atom stereocenters. The van der Waals surface area contributed by atoms with Crippen LogP contribution in [0, 0.1) is 0 Å². The number of methoxy groups -OCH3 is 1. The zero-order valence-electron chi connectivity index (χ0n) is 29.4. The predicted octanol–water partition coefficient (Wildman–Crippen LogP) is 7.57. The summed E-state index contributed by atoms with van der Waals surface area (Å²) in [7, 11) is 1.64. The number of ether oxygens (including phenoxy) is 4. The molecule has 262 valence electrons. The molecule has 0 bridgehead atoms. The molecule has 3 aromatic carbocycles. The number of carbonyl (C=O) groups is 2. The van der Waals surface area contributed by atoms with Gasteiger partial charge in [-0.3, -0.25) is 5.43 Å². The van der Waals surface area contributed by atoms with Crippen LogP contribution in [0.2, 0.25) is 0 Å². The summed E-state index contributed by atoms with van der Waals surface area (Å²) in [5.41, 5.74) is 10.3. The number of hydrogen-bond donors (Lipinski definition) is 3. The second-order valence-electron chi connectivity index (χ2n) is 13.7. The van der Waals surface area contributed by atoms with E-state index >= 15 is 0 Å². The van der Waals surface area contributed by atoms with Gasteiger partial charge in [-0.25, -0.2) is 20.0 Å². The lowest BCUT2D eigenvalue weighted by Crippen LogP contribution is -2.43. The van der Waals surface area contributed by atoms with Gasteiger partial charge in [0.15, 0.2) is 0 Å². The summed E-state index contributed by atoms with van der Waals surface area (Å²) in [6, 6.07) is 25.5. The maximum absolute atomic E-state index is 11.9. The highest BCUT2D eigenvalue weighted by atomic mass is 32.1. The van der Waals surface area contributed by atoms with Crippen LogP contribution in [0.5, 0.6) is 5.75 Å². The molecule has 1 aliphatic heterocycles. The second kappa shape index (κ2) is 17.3. The maximum atomic E-state index is 11.9. The summed E-state index contributed by atoms with van der Waals surface area (Å²) in [4.78, 5) is 28.4. The van der Waals surface area contributed by atoms with Crippen molar-refractivity contribution >= 4 is 23.5 Å². The number of benzene rings is 3. The van der Waals surface area contributed by atoms with Crippen LogP contribution in [-0.4, -0.2) is 48.6 Å². The van der Waals surface area contributed by atoms with Crippen LogP contribution in [0.3, 0.4) is 0 Å². The Balaban J connectivity index is 0.000000230. The zero-order chi connectivity index (χ0) is 35.4. The van der Waals surface area contributed by atoms with Crippen LogP contribution in [0.4, 0.5) is 9.59 Å². The molecule has 2 heterocycles. The minimum Gasteiger partial charge on any atom is -0.497 e. The molecule has 0 radical (unpaired) electrons. The van der Waals surface area contributed by atoms with E-state index in [0.29, 0.717) is 19.6 Å². The van der Waals surface area contributed by atoms with Crippen LogP contribution >= 0.6 is 11.3 Å². The average Bonchev–Trinajstić information content (AvgIpc) is 3.78. The first-order chi connectivity index (χ1) is 23.3. The molecule has 3 N–H and O–H groups in total. The minimum atomic E-state index is -0.502. The van der Waals surface area contributed by atoms with Gasteiger partial charge in [0.1, 0.15) is 29.1 Å². The number of hydrazine groups is 1. The molecule has 2 amide bonds. The Kier molecular flexibility index (Phi) is 13.2. The molecule has 0 unspecified atom stereocenters. The molecule has 1 aliphatic rings. The minimum absolute atomic E-state index is 0.0550. The number of aromatic nitrogens is 1. The predicted molar refractivity (Wildman–Crippen MR) is 192 cm³/mol. The summed E-state index contributed by atoms with van der Waals surface area (Å²) >= 11 is 1.66. The molecule has 49 heavy (non-hydrogen) atoms. The van der Waals surface area contributed by atoms with Crippen LogP contribution in [0.1, 0.15) is 63.9 Å². The molecule has 5 rings (SSSR count). The summed E-state index contributed by atoms with van der Waals surface area (Å²) in [5, 5.41) is 6.04. The van der Waals surface area contributed by atoms with Crippen molar-refractivity contribution in [3.05, 3.63) is 107 Å². The number of nitrogens with zero attached hydrogens (tertiary/aromatic N) is 1. The molecule has 11 heteroatoms. The molecular weight excluding hydrogens is 641 g/mol. The van der Waals surface area contributed by atoms with E-state index in [2.05, 4.69) is 54.5 Å². The first-order valence-corrected chi connectivity index (χ1v) is 17.2. The first kappa shape index (κ1) is 37.4. The zero-order valence-corrected chi connectivity index (χ0v) is 30.2. The topological polar surface area (TPSA) is 123 Å². The third kappa shape index (κ3) is 13.2. The number of epoxide rings is 1. The number of rotatable bonds is 11. The van der Waals surface area contributed by atoms with E-state index in [1.807, 2.05) is 87.5 Å². The standard InChI is InChI=1S/C22H25N3O2S.C16H23NO4/c1-22(2,3)19-15-28-20(24-19)18-11-9-16(10-12-18)13-23-25-21(26)27-14-17-7-5-4-6-8-17;1-16(2,3)21-15(18)17-13(14-10-20-14)9-11-5-7-12(19-4)8-6-11/h4-12,15,23H,13-14H2,1-3H3,(H,25,26);5-8,13-14H,9-10H2,1-4H3,(H,17,18)/t;13-,14-/m.0/s1. The number of nitrogens with one attached hydrogen (secondary N) is 3.